The Balaban J connectivity index is 2.08. The number of aliphatic hydroxyl groups excluding tert-OH is 1. The Morgan fingerprint density at radius 2 is 1.90 bits per heavy atom. The zero-order valence-electron chi connectivity index (χ0n) is 11.8. The zero-order chi connectivity index (χ0) is 15.2. The Morgan fingerprint density at radius 3 is 2.57 bits per heavy atom. The first-order valence-electron chi connectivity index (χ1n) is 6.82. The molecule has 0 heterocycles. The molecule has 1 amide bonds. The van der Waals surface area contributed by atoms with Crippen LogP contribution in [0.2, 0.25) is 0 Å². The second-order valence-electron chi connectivity index (χ2n) is 4.98. The first-order valence-corrected chi connectivity index (χ1v) is 7.62. The highest BCUT2D eigenvalue weighted by molar-refractivity contribution is 9.10. The zero-order valence-corrected chi connectivity index (χ0v) is 13.4. The molecule has 0 saturated carbocycles. The second kappa shape index (κ2) is 7.38. The molecule has 1 atom stereocenters. The van der Waals surface area contributed by atoms with E-state index < -0.39 is 0 Å². The molecule has 0 aliphatic carbocycles. The van der Waals surface area contributed by atoms with Crippen LogP contribution in [0.25, 0.3) is 0 Å². The number of aliphatic hydroxyl groups is 1. The van der Waals surface area contributed by atoms with Crippen molar-refractivity contribution < 1.29 is 9.90 Å². The summed E-state index contributed by atoms with van der Waals surface area (Å²) < 4.78 is 0.791. The molecule has 2 aromatic carbocycles. The van der Waals surface area contributed by atoms with Crippen molar-refractivity contribution in [2.24, 2.45) is 0 Å². The maximum atomic E-state index is 12.3. The van der Waals surface area contributed by atoms with E-state index in [4.69, 9.17) is 0 Å². The highest BCUT2D eigenvalue weighted by Crippen LogP contribution is 2.21. The Morgan fingerprint density at radius 1 is 1.19 bits per heavy atom. The summed E-state index contributed by atoms with van der Waals surface area (Å²) in [6.07, 6.45) is 0.604. The van der Waals surface area contributed by atoms with E-state index in [1.54, 1.807) is 6.07 Å². The summed E-state index contributed by atoms with van der Waals surface area (Å²) >= 11 is 3.44. The Labute approximate surface area is 133 Å². The largest absolute Gasteiger partial charge is 0.394 e. The van der Waals surface area contributed by atoms with Gasteiger partial charge in [0.25, 0.3) is 5.91 Å². The molecule has 0 saturated heterocycles. The van der Waals surface area contributed by atoms with Gasteiger partial charge in [-0.25, -0.2) is 0 Å². The van der Waals surface area contributed by atoms with Crippen molar-refractivity contribution in [3.05, 3.63) is 69.7 Å². The van der Waals surface area contributed by atoms with Gasteiger partial charge in [-0.3, -0.25) is 4.79 Å². The summed E-state index contributed by atoms with van der Waals surface area (Å²) in [4.78, 5) is 12.3. The first kappa shape index (κ1) is 15.7. The number of carbonyl (C=O) groups excluding carboxylic acids is 1. The molecule has 3 nitrogen and oxygen atoms in total. The molecule has 0 aromatic heterocycles. The third-order valence-corrected chi connectivity index (χ3v) is 4.37. The van der Waals surface area contributed by atoms with Gasteiger partial charge in [-0.1, -0.05) is 42.5 Å². The molecule has 0 fully saturated rings. The van der Waals surface area contributed by atoms with Gasteiger partial charge in [0.15, 0.2) is 0 Å². The van der Waals surface area contributed by atoms with Gasteiger partial charge in [0.05, 0.1) is 18.2 Å². The van der Waals surface area contributed by atoms with E-state index in [0.717, 1.165) is 15.6 Å². The average Bonchev–Trinajstić information content (AvgIpc) is 2.50. The molecule has 0 radical (unpaired) electrons. The summed E-state index contributed by atoms with van der Waals surface area (Å²) in [5.41, 5.74) is 2.67. The summed E-state index contributed by atoms with van der Waals surface area (Å²) in [5, 5.41) is 12.4. The van der Waals surface area contributed by atoms with Crippen LogP contribution in [-0.2, 0) is 6.42 Å². The van der Waals surface area contributed by atoms with Crippen LogP contribution in [0.4, 0.5) is 0 Å². The lowest BCUT2D eigenvalue weighted by molar-refractivity contribution is 0.0915. The minimum atomic E-state index is -0.299. The third kappa shape index (κ3) is 4.16. The smallest absolute Gasteiger partial charge is 0.252 e. The van der Waals surface area contributed by atoms with Gasteiger partial charge in [0.2, 0.25) is 0 Å². The number of aryl methyl sites for hydroxylation is 1. The molecule has 0 spiro atoms. The Hall–Kier alpha value is -1.65. The van der Waals surface area contributed by atoms with Crippen molar-refractivity contribution in [1.29, 1.82) is 0 Å². The lowest BCUT2D eigenvalue weighted by Gasteiger charge is -2.17. The molecular weight excluding hydrogens is 330 g/mol. The lowest BCUT2D eigenvalue weighted by atomic mass is 10.1. The van der Waals surface area contributed by atoms with Crippen LogP contribution < -0.4 is 5.32 Å². The Kier molecular flexibility index (Phi) is 5.53. The van der Waals surface area contributed by atoms with Crippen LogP contribution in [0.5, 0.6) is 0 Å². The molecule has 2 aromatic rings. The van der Waals surface area contributed by atoms with E-state index in [0.29, 0.717) is 12.0 Å². The van der Waals surface area contributed by atoms with Crippen molar-refractivity contribution in [3.63, 3.8) is 0 Å². The number of halogens is 1. The fourth-order valence-electron chi connectivity index (χ4n) is 2.15. The molecule has 0 aliphatic rings. The molecule has 4 heteroatoms. The standard InChI is InChI=1S/C17H18BrNO2/c1-12-6-5-9-15(16(12)18)17(21)19-14(11-20)10-13-7-3-2-4-8-13/h2-9,14,20H,10-11H2,1H3,(H,19,21)/t14-/m0/s1. The fraction of sp³-hybridized carbons (Fsp3) is 0.235. The van der Waals surface area contributed by atoms with Crippen molar-refractivity contribution in [2.45, 2.75) is 19.4 Å². The van der Waals surface area contributed by atoms with Gasteiger partial charge in [-0.15, -0.1) is 0 Å². The molecule has 110 valence electrons. The van der Waals surface area contributed by atoms with Crippen LogP contribution in [0, 0.1) is 6.92 Å². The van der Waals surface area contributed by atoms with E-state index in [9.17, 15) is 9.90 Å². The topological polar surface area (TPSA) is 49.3 Å². The molecule has 0 bridgehead atoms. The van der Waals surface area contributed by atoms with Crippen molar-refractivity contribution in [3.8, 4) is 0 Å². The maximum Gasteiger partial charge on any atom is 0.252 e. The van der Waals surface area contributed by atoms with E-state index in [1.807, 2.05) is 49.4 Å². The number of hydrogen-bond acceptors (Lipinski definition) is 2. The fourth-order valence-corrected chi connectivity index (χ4v) is 2.59. The Bertz CT molecular complexity index is 613. The predicted molar refractivity (Wildman–Crippen MR) is 87.4 cm³/mol. The minimum Gasteiger partial charge on any atom is -0.394 e. The van der Waals surface area contributed by atoms with Crippen molar-refractivity contribution >= 4 is 21.8 Å². The van der Waals surface area contributed by atoms with Gasteiger partial charge in [0, 0.05) is 4.47 Å². The van der Waals surface area contributed by atoms with Gasteiger partial charge in [-0.2, -0.15) is 0 Å². The molecule has 21 heavy (non-hydrogen) atoms. The number of carbonyl (C=O) groups is 1. The normalized spacial score (nSPS) is 12.0. The second-order valence-corrected chi connectivity index (χ2v) is 5.77. The number of rotatable bonds is 5. The molecule has 2 N–H and O–H groups in total. The number of amides is 1. The van der Waals surface area contributed by atoms with Gasteiger partial charge in [-0.05, 0) is 46.5 Å². The van der Waals surface area contributed by atoms with E-state index in [2.05, 4.69) is 21.2 Å². The van der Waals surface area contributed by atoms with Gasteiger partial charge in [0.1, 0.15) is 0 Å². The van der Waals surface area contributed by atoms with E-state index in [-0.39, 0.29) is 18.6 Å². The average molecular weight is 348 g/mol. The summed E-state index contributed by atoms with van der Waals surface area (Å²) in [7, 11) is 0. The van der Waals surface area contributed by atoms with E-state index in [1.165, 1.54) is 0 Å². The monoisotopic (exact) mass is 347 g/mol. The number of hydrogen-bond donors (Lipinski definition) is 2. The maximum absolute atomic E-state index is 12.3. The van der Waals surface area contributed by atoms with E-state index >= 15 is 0 Å². The molecule has 2 rings (SSSR count). The van der Waals surface area contributed by atoms with Crippen LogP contribution >= 0.6 is 15.9 Å². The van der Waals surface area contributed by atoms with Crippen LogP contribution in [0.3, 0.4) is 0 Å². The molecular formula is C17H18BrNO2. The minimum absolute atomic E-state index is 0.0932. The van der Waals surface area contributed by atoms with Crippen molar-refractivity contribution in [2.75, 3.05) is 6.61 Å². The van der Waals surface area contributed by atoms with Gasteiger partial charge < -0.3 is 10.4 Å². The third-order valence-electron chi connectivity index (χ3n) is 3.32. The quantitative estimate of drug-likeness (QED) is 0.872. The summed E-state index contributed by atoms with van der Waals surface area (Å²) in [6, 6.07) is 15.1. The van der Waals surface area contributed by atoms with Crippen molar-refractivity contribution in [1.82, 2.24) is 5.32 Å². The predicted octanol–water partition coefficient (Wildman–Crippen LogP) is 3.09. The number of benzene rings is 2. The summed E-state index contributed by atoms with van der Waals surface area (Å²) in [5.74, 6) is -0.180. The lowest BCUT2D eigenvalue weighted by Crippen LogP contribution is -2.39. The number of nitrogens with one attached hydrogen (secondary N) is 1. The molecule has 0 unspecified atom stereocenters. The highest BCUT2D eigenvalue weighted by atomic mass is 79.9. The van der Waals surface area contributed by atoms with Crippen LogP contribution in [0.1, 0.15) is 21.5 Å². The van der Waals surface area contributed by atoms with Crippen LogP contribution in [-0.4, -0.2) is 23.7 Å². The summed E-state index contributed by atoms with van der Waals surface area (Å²) in [6.45, 7) is 1.85. The SMILES string of the molecule is Cc1cccc(C(=O)N[C@H](CO)Cc2ccccc2)c1Br. The van der Waals surface area contributed by atoms with Gasteiger partial charge >= 0.3 is 0 Å². The van der Waals surface area contributed by atoms with Crippen LogP contribution in [0.15, 0.2) is 53.0 Å². The molecule has 0 aliphatic heterocycles. The first-order chi connectivity index (χ1) is 10.1. The highest BCUT2D eigenvalue weighted by Gasteiger charge is 2.16.